The topological polar surface area (TPSA) is 21.3 Å². The van der Waals surface area contributed by atoms with Gasteiger partial charge in [-0.15, -0.1) is 0 Å². The molecule has 124 valence electrons. The van der Waals surface area contributed by atoms with Crippen molar-refractivity contribution in [2.45, 2.75) is 51.2 Å². The highest BCUT2D eigenvalue weighted by molar-refractivity contribution is 5.28. The highest BCUT2D eigenvalue weighted by atomic mass is 19.4. The van der Waals surface area contributed by atoms with Crippen LogP contribution in [-0.4, -0.2) is 19.5 Å². The van der Waals surface area contributed by atoms with Crippen LogP contribution in [0.25, 0.3) is 0 Å². The van der Waals surface area contributed by atoms with Crippen LogP contribution in [-0.2, 0) is 6.42 Å². The van der Waals surface area contributed by atoms with Crippen LogP contribution in [0.5, 0.6) is 5.75 Å². The number of benzene rings is 1. The molecular formula is C17H24F3NO. The Bertz CT molecular complexity index is 442. The van der Waals surface area contributed by atoms with Crippen LogP contribution in [0.15, 0.2) is 24.3 Å². The van der Waals surface area contributed by atoms with Gasteiger partial charge in [-0.1, -0.05) is 31.4 Å². The third-order valence-electron chi connectivity index (χ3n) is 4.08. The summed E-state index contributed by atoms with van der Waals surface area (Å²) in [5.41, 5.74) is 1.02. The van der Waals surface area contributed by atoms with Gasteiger partial charge in [0.2, 0.25) is 0 Å². The molecule has 0 amide bonds. The second-order valence-electron chi connectivity index (χ2n) is 5.99. The van der Waals surface area contributed by atoms with E-state index in [0.717, 1.165) is 17.9 Å². The summed E-state index contributed by atoms with van der Waals surface area (Å²) >= 11 is 0. The first-order chi connectivity index (χ1) is 10.5. The van der Waals surface area contributed by atoms with E-state index in [9.17, 15) is 13.2 Å². The molecule has 0 aliphatic heterocycles. The van der Waals surface area contributed by atoms with Gasteiger partial charge in [-0.3, -0.25) is 0 Å². The van der Waals surface area contributed by atoms with E-state index in [-0.39, 0.29) is 6.54 Å². The summed E-state index contributed by atoms with van der Waals surface area (Å²) in [7, 11) is 0. The van der Waals surface area contributed by atoms with Crippen molar-refractivity contribution in [1.82, 2.24) is 5.32 Å². The second-order valence-corrected chi connectivity index (χ2v) is 5.99. The lowest BCUT2D eigenvalue weighted by Gasteiger charge is -2.21. The Kier molecular flexibility index (Phi) is 6.55. The van der Waals surface area contributed by atoms with Gasteiger partial charge in [-0.25, -0.2) is 5.32 Å². The van der Waals surface area contributed by atoms with Crippen molar-refractivity contribution in [2.24, 2.45) is 5.92 Å². The average Bonchev–Trinajstić information content (AvgIpc) is 2.50. The van der Waals surface area contributed by atoms with Gasteiger partial charge in [0.05, 0.1) is 6.61 Å². The molecule has 2 rings (SSSR count). The number of nitrogens with one attached hydrogen (secondary N) is 1. The van der Waals surface area contributed by atoms with Gasteiger partial charge in [0.15, 0.2) is 0 Å². The van der Waals surface area contributed by atoms with E-state index in [1.54, 1.807) is 5.32 Å². The first kappa shape index (κ1) is 17.1. The van der Waals surface area contributed by atoms with E-state index in [0.29, 0.717) is 18.8 Å². The Morgan fingerprint density at radius 1 is 1.14 bits per heavy atom. The number of aryl methyl sites for hydroxylation is 1. The summed E-state index contributed by atoms with van der Waals surface area (Å²) in [4.78, 5) is 0. The smallest absolute Gasteiger partial charge is 0.457 e. The number of alkyl halides is 3. The molecule has 0 heterocycles. The minimum Gasteiger partial charge on any atom is -0.493 e. The van der Waals surface area contributed by atoms with E-state index < -0.39 is 6.30 Å². The van der Waals surface area contributed by atoms with E-state index in [2.05, 4.69) is 0 Å². The highest BCUT2D eigenvalue weighted by Gasteiger charge is 2.25. The quantitative estimate of drug-likeness (QED) is 0.582. The van der Waals surface area contributed by atoms with Crippen LogP contribution in [0.4, 0.5) is 13.2 Å². The molecule has 0 aromatic heterocycles. The Morgan fingerprint density at radius 3 is 2.64 bits per heavy atom. The minimum atomic E-state index is -4.29. The first-order valence-electron chi connectivity index (χ1n) is 8.06. The molecule has 1 fully saturated rings. The number of ether oxygens (including phenoxy) is 1. The summed E-state index contributed by atoms with van der Waals surface area (Å²) in [6.07, 6.45) is 3.17. The molecule has 2 nitrogen and oxygen atoms in total. The van der Waals surface area contributed by atoms with E-state index >= 15 is 0 Å². The van der Waals surface area contributed by atoms with Crippen molar-refractivity contribution in [3.8, 4) is 5.75 Å². The van der Waals surface area contributed by atoms with Crippen LogP contribution in [0.3, 0.4) is 0 Å². The Hall–Kier alpha value is -1.23. The molecule has 0 saturated heterocycles. The van der Waals surface area contributed by atoms with Crippen LogP contribution in [0.1, 0.15) is 44.1 Å². The van der Waals surface area contributed by atoms with Crippen molar-refractivity contribution in [1.29, 1.82) is 0 Å². The molecule has 22 heavy (non-hydrogen) atoms. The number of rotatable bonds is 7. The normalized spacial score (nSPS) is 16.7. The molecule has 5 heteroatoms. The zero-order valence-corrected chi connectivity index (χ0v) is 12.8. The fraction of sp³-hybridized carbons (Fsp3) is 0.647. The maximum Gasteiger partial charge on any atom is 0.457 e. The molecule has 1 aromatic rings. The van der Waals surface area contributed by atoms with Gasteiger partial charge in [0.1, 0.15) is 5.75 Å². The zero-order valence-electron chi connectivity index (χ0n) is 12.8. The zero-order chi connectivity index (χ0) is 15.8. The van der Waals surface area contributed by atoms with Gasteiger partial charge in [0.25, 0.3) is 0 Å². The average molecular weight is 315 g/mol. The molecular weight excluding hydrogens is 291 g/mol. The van der Waals surface area contributed by atoms with Crippen molar-refractivity contribution in [3.63, 3.8) is 0 Å². The van der Waals surface area contributed by atoms with Crippen molar-refractivity contribution in [3.05, 3.63) is 29.8 Å². The molecule has 1 aliphatic carbocycles. The summed E-state index contributed by atoms with van der Waals surface area (Å²) in [6.45, 7) is 0.690. The molecule has 1 aromatic carbocycles. The Balaban J connectivity index is 1.72. The summed E-state index contributed by atoms with van der Waals surface area (Å²) in [5, 5.41) is 1.54. The van der Waals surface area contributed by atoms with E-state index in [1.807, 2.05) is 24.3 Å². The van der Waals surface area contributed by atoms with Crippen LogP contribution in [0.2, 0.25) is 0 Å². The maximum absolute atomic E-state index is 12.0. The summed E-state index contributed by atoms with van der Waals surface area (Å²) < 4.78 is 41.8. The van der Waals surface area contributed by atoms with Crippen LogP contribution >= 0.6 is 0 Å². The van der Waals surface area contributed by atoms with Gasteiger partial charge in [-0.2, -0.15) is 13.2 Å². The van der Waals surface area contributed by atoms with Gasteiger partial charge in [-0.05, 0) is 49.3 Å². The van der Waals surface area contributed by atoms with Gasteiger partial charge >= 0.3 is 6.30 Å². The third kappa shape index (κ3) is 6.69. The second kappa shape index (κ2) is 8.42. The van der Waals surface area contributed by atoms with Crippen LogP contribution in [0, 0.1) is 5.92 Å². The standard InChI is InChI=1S/C17H24F3NO/c18-17(19,20)21-11-5-9-14-8-4-10-16(12-14)22-13-15-6-2-1-3-7-15/h4,8,10,12,15,21H,1-3,5-7,9,11,13H2. The Labute approximate surface area is 130 Å². The molecule has 0 spiro atoms. The lowest BCUT2D eigenvalue weighted by atomic mass is 9.90. The van der Waals surface area contributed by atoms with Gasteiger partial charge < -0.3 is 4.74 Å². The molecule has 1 N–H and O–H groups in total. The summed E-state index contributed by atoms with van der Waals surface area (Å²) in [6, 6.07) is 7.69. The minimum absolute atomic E-state index is 0.0589. The van der Waals surface area contributed by atoms with Crippen molar-refractivity contribution >= 4 is 0 Å². The fourth-order valence-corrected chi connectivity index (χ4v) is 2.88. The number of hydrogen-bond acceptors (Lipinski definition) is 2. The van der Waals surface area contributed by atoms with Gasteiger partial charge in [0, 0.05) is 6.54 Å². The van der Waals surface area contributed by atoms with E-state index in [1.165, 1.54) is 32.1 Å². The SMILES string of the molecule is FC(F)(F)NCCCc1cccc(OCC2CCCCC2)c1. The van der Waals surface area contributed by atoms with Crippen LogP contribution < -0.4 is 10.1 Å². The predicted molar refractivity (Wildman–Crippen MR) is 80.9 cm³/mol. The van der Waals surface area contributed by atoms with E-state index in [4.69, 9.17) is 4.74 Å². The third-order valence-corrected chi connectivity index (χ3v) is 4.08. The first-order valence-corrected chi connectivity index (χ1v) is 8.06. The number of hydrogen-bond donors (Lipinski definition) is 1. The molecule has 0 bridgehead atoms. The molecule has 1 saturated carbocycles. The molecule has 1 aliphatic rings. The monoisotopic (exact) mass is 315 g/mol. The fourth-order valence-electron chi connectivity index (χ4n) is 2.88. The molecule has 0 unspecified atom stereocenters. The van der Waals surface area contributed by atoms with Crippen molar-refractivity contribution in [2.75, 3.05) is 13.2 Å². The Morgan fingerprint density at radius 2 is 1.91 bits per heavy atom. The molecule has 0 atom stereocenters. The number of halogens is 3. The molecule has 0 radical (unpaired) electrons. The largest absolute Gasteiger partial charge is 0.493 e. The predicted octanol–water partition coefficient (Wildman–Crippen LogP) is 4.69. The van der Waals surface area contributed by atoms with Crippen molar-refractivity contribution < 1.29 is 17.9 Å². The summed E-state index contributed by atoms with van der Waals surface area (Å²) in [5.74, 6) is 1.47. The maximum atomic E-state index is 12.0. The highest BCUT2D eigenvalue weighted by Crippen LogP contribution is 2.25. The lowest BCUT2D eigenvalue weighted by molar-refractivity contribution is -0.156. The lowest BCUT2D eigenvalue weighted by Crippen LogP contribution is -2.32.